The largest absolute Gasteiger partial charge is 0.398 e. The SMILES string of the molecule is CCNC(=O)c1cn(C2CCCC2)c2cccc(N)c2c1=O. The smallest absolute Gasteiger partial charge is 0.256 e. The topological polar surface area (TPSA) is 77.1 Å². The Bertz CT molecular complexity index is 773. The van der Waals surface area contributed by atoms with E-state index in [1.54, 1.807) is 12.3 Å². The molecule has 3 N–H and O–H groups in total. The van der Waals surface area contributed by atoms with E-state index in [1.165, 1.54) is 12.8 Å². The van der Waals surface area contributed by atoms with Crippen LogP contribution in [0.4, 0.5) is 5.69 Å². The summed E-state index contributed by atoms with van der Waals surface area (Å²) < 4.78 is 2.07. The molecular formula is C17H21N3O2. The van der Waals surface area contributed by atoms with Gasteiger partial charge in [-0.3, -0.25) is 9.59 Å². The maximum Gasteiger partial charge on any atom is 0.256 e. The van der Waals surface area contributed by atoms with E-state index in [1.807, 2.05) is 19.1 Å². The summed E-state index contributed by atoms with van der Waals surface area (Å²) in [4.78, 5) is 24.9. The lowest BCUT2D eigenvalue weighted by Crippen LogP contribution is -2.30. The molecule has 1 aromatic carbocycles. The molecule has 0 saturated heterocycles. The van der Waals surface area contributed by atoms with Gasteiger partial charge in [-0.15, -0.1) is 0 Å². The number of nitrogen functional groups attached to an aromatic ring is 1. The highest BCUT2D eigenvalue weighted by atomic mass is 16.2. The van der Waals surface area contributed by atoms with E-state index in [2.05, 4.69) is 9.88 Å². The molecule has 22 heavy (non-hydrogen) atoms. The van der Waals surface area contributed by atoms with Crippen LogP contribution in [0.15, 0.2) is 29.2 Å². The Morgan fingerprint density at radius 1 is 1.36 bits per heavy atom. The van der Waals surface area contributed by atoms with Gasteiger partial charge in [-0.25, -0.2) is 0 Å². The van der Waals surface area contributed by atoms with Crippen LogP contribution in [0.1, 0.15) is 49.0 Å². The molecular weight excluding hydrogens is 278 g/mol. The van der Waals surface area contributed by atoms with Crippen LogP contribution in [0.5, 0.6) is 0 Å². The lowest BCUT2D eigenvalue weighted by atomic mass is 10.1. The summed E-state index contributed by atoms with van der Waals surface area (Å²) >= 11 is 0. The number of anilines is 1. The number of rotatable bonds is 3. The van der Waals surface area contributed by atoms with E-state index in [9.17, 15) is 9.59 Å². The maximum absolute atomic E-state index is 12.7. The molecule has 1 aliphatic carbocycles. The number of hydrogen-bond donors (Lipinski definition) is 2. The summed E-state index contributed by atoms with van der Waals surface area (Å²) in [5, 5.41) is 3.17. The fraction of sp³-hybridized carbons (Fsp3) is 0.412. The number of benzene rings is 1. The summed E-state index contributed by atoms with van der Waals surface area (Å²) in [5.41, 5.74) is 7.17. The highest BCUT2D eigenvalue weighted by Crippen LogP contribution is 2.32. The van der Waals surface area contributed by atoms with Crippen molar-refractivity contribution >= 4 is 22.5 Å². The number of pyridine rings is 1. The van der Waals surface area contributed by atoms with Gasteiger partial charge in [0.25, 0.3) is 5.91 Å². The van der Waals surface area contributed by atoms with E-state index in [-0.39, 0.29) is 16.9 Å². The Morgan fingerprint density at radius 3 is 2.77 bits per heavy atom. The van der Waals surface area contributed by atoms with Crippen molar-refractivity contribution in [3.63, 3.8) is 0 Å². The number of nitrogens with two attached hydrogens (primary N) is 1. The molecule has 3 rings (SSSR count). The molecule has 0 spiro atoms. The summed E-state index contributed by atoms with van der Waals surface area (Å²) in [7, 11) is 0. The number of nitrogens with zero attached hydrogens (tertiary/aromatic N) is 1. The van der Waals surface area contributed by atoms with Crippen molar-refractivity contribution in [1.82, 2.24) is 9.88 Å². The molecule has 116 valence electrons. The van der Waals surface area contributed by atoms with Gasteiger partial charge in [-0.05, 0) is 31.9 Å². The fourth-order valence-electron chi connectivity index (χ4n) is 3.32. The van der Waals surface area contributed by atoms with E-state index in [0.29, 0.717) is 23.7 Å². The summed E-state index contributed by atoms with van der Waals surface area (Å²) in [6.45, 7) is 2.33. The van der Waals surface area contributed by atoms with Crippen molar-refractivity contribution in [2.24, 2.45) is 0 Å². The Balaban J connectivity index is 2.29. The number of nitrogens with one attached hydrogen (secondary N) is 1. The van der Waals surface area contributed by atoms with Gasteiger partial charge in [0.2, 0.25) is 5.43 Å². The Kier molecular flexibility index (Phi) is 3.88. The van der Waals surface area contributed by atoms with Gasteiger partial charge >= 0.3 is 0 Å². The van der Waals surface area contributed by atoms with Crippen LogP contribution in [0.2, 0.25) is 0 Å². The first kappa shape index (κ1) is 14.6. The van der Waals surface area contributed by atoms with Crippen LogP contribution < -0.4 is 16.5 Å². The lowest BCUT2D eigenvalue weighted by molar-refractivity contribution is 0.0954. The first-order chi connectivity index (χ1) is 10.6. The molecule has 0 atom stereocenters. The number of carbonyl (C=O) groups excluding carboxylic acids is 1. The molecule has 1 aliphatic rings. The van der Waals surface area contributed by atoms with Crippen molar-refractivity contribution in [1.29, 1.82) is 0 Å². The van der Waals surface area contributed by atoms with Gasteiger partial charge in [-0.2, -0.15) is 0 Å². The average Bonchev–Trinajstić information content (AvgIpc) is 3.02. The molecule has 1 fully saturated rings. The van der Waals surface area contributed by atoms with Crippen LogP contribution in [0.25, 0.3) is 10.9 Å². The van der Waals surface area contributed by atoms with Gasteiger partial charge in [0.05, 0.1) is 10.9 Å². The Morgan fingerprint density at radius 2 is 2.09 bits per heavy atom. The number of carbonyl (C=O) groups is 1. The minimum absolute atomic E-state index is 0.180. The highest BCUT2D eigenvalue weighted by molar-refractivity contribution is 6.00. The molecule has 0 bridgehead atoms. The zero-order valence-electron chi connectivity index (χ0n) is 12.8. The minimum atomic E-state index is -0.329. The second-order valence-corrected chi connectivity index (χ2v) is 5.82. The third-order valence-corrected chi connectivity index (χ3v) is 4.39. The maximum atomic E-state index is 12.7. The molecule has 0 aliphatic heterocycles. The number of fused-ring (bicyclic) bond motifs is 1. The standard InChI is InChI=1S/C17H21N3O2/c1-2-19-17(22)12-10-20(11-6-3-4-7-11)14-9-5-8-13(18)15(14)16(12)21/h5,8-11H,2-4,6-7,18H2,1H3,(H,19,22). The highest BCUT2D eigenvalue weighted by Gasteiger charge is 2.22. The van der Waals surface area contributed by atoms with Crippen molar-refractivity contribution in [3.8, 4) is 0 Å². The predicted molar refractivity (Wildman–Crippen MR) is 88.1 cm³/mol. The number of hydrogen-bond acceptors (Lipinski definition) is 3. The fourth-order valence-corrected chi connectivity index (χ4v) is 3.32. The summed E-state index contributed by atoms with van der Waals surface area (Å²) in [6.07, 6.45) is 6.21. The zero-order valence-corrected chi connectivity index (χ0v) is 12.8. The van der Waals surface area contributed by atoms with Gasteiger partial charge in [-0.1, -0.05) is 18.9 Å². The summed E-state index contributed by atoms with van der Waals surface area (Å²) in [6, 6.07) is 5.81. The van der Waals surface area contributed by atoms with Gasteiger partial charge < -0.3 is 15.6 Å². The van der Waals surface area contributed by atoms with Crippen molar-refractivity contribution in [2.45, 2.75) is 38.6 Å². The first-order valence-electron chi connectivity index (χ1n) is 7.85. The second kappa shape index (κ2) is 5.83. The van der Waals surface area contributed by atoms with Crippen LogP contribution in [0.3, 0.4) is 0 Å². The van der Waals surface area contributed by atoms with Crippen molar-refractivity contribution < 1.29 is 4.79 Å². The predicted octanol–water partition coefficient (Wildman–Crippen LogP) is 2.45. The third-order valence-electron chi connectivity index (χ3n) is 4.39. The normalized spacial score (nSPS) is 15.3. The third kappa shape index (κ3) is 2.36. The van der Waals surface area contributed by atoms with E-state index < -0.39 is 0 Å². The Hall–Kier alpha value is -2.30. The molecule has 1 aromatic heterocycles. The van der Waals surface area contributed by atoms with Crippen molar-refractivity contribution in [2.75, 3.05) is 12.3 Å². The van der Waals surface area contributed by atoms with Crippen LogP contribution in [0, 0.1) is 0 Å². The number of aromatic nitrogens is 1. The van der Waals surface area contributed by atoms with E-state index >= 15 is 0 Å². The monoisotopic (exact) mass is 299 g/mol. The molecule has 2 aromatic rings. The van der Waals surface area contributed by atoms with E-state index in [4.69, 9.17) is 5.73 Å². The quantitative estimate of drug-likeness (QED) is 0.855. The molecule has 1 amide bonds. The molecule has 1 saturated carbocycles. The summed E-state index contributed by atoms with van der Waals surface area (Å²) in [5.74, 6) is -0.329. The molecule has 0 radical (unpaired) electrons. The van der Waals surface area contributed by atoms with Crippen molar-refractivity contribution in [3.05, 3.63) is 40.2 Å². The van der Waals surface area contributed by atoms with Crippen LogP contribution in [-0.2, 0) is 0 Å². The number of amides is 1. The minimum Gasteiger partial charge on any atom is -0.398 e. The molecule has 0 unspecified atom stereocenters. The van der Waals surface area contributed by atoms with Gasteiger partial charge in [0, 0.05) is 24.5 Å². The first-order valence-corrected chi connectivity index (χ1v) is 7.85. The van der Waals surface area contributed by atoms with Gasteiger partial charge in [0.1, 0.15) is 5.56 Å². The molecule has 5 nitrogen and oxygen atoms in total. The second-order valence-electron chi connectivity index (χ2n) is 5.82. The zero-order chi connectivity index (χ0) is 15.7. The Labute approximate surface area is 129 Å². The van der Waals surface area contributed by atoms with Crippen LogP contribution in [-0.4, -0.2) is 17.0 Å². The molecule has 5 heteroatoms. The van der Waals surface area contributed by atoms with Gasteiger partial charge in [0.15, 0.2) is 0 Å². The van der Waals surface area contributed by atoms with Crippen LogP contribution >= 0.6 is 0 Å². The van der Waals surface area contributed by atoms with E-state index in [0.717, 1.165) is 18.4 Å². The average molecular weight is 299 g/mol. The lowest BCUT2D eigenvalue weighted by Gasteiger charge is -2.19. The molecule has 1 heterocycles.